The van der Waals surface area contributed by atoms with Crippen molar-refractivity contribution in [3.05, 3.63) is 35.9 Å². The summed E-state index contributed by atoms with van der Waals surface area (Å²) in [4.78, 5) is 11.1. The predicted octanol–water partition coefficient (Wildman–Crippen LogP) is 1.13. The molecule has 0 aromatic heterocycles. The van der Waals surface area contributed by atoms with E-state index in [4.69, 9.17) is 9.47 Å². The molecule has 1 aromatic carbocycles. The molecule has 0 spiro atoms. The molecule has 1 heterocycles. The molecule has 0 saturated carbocycles. The van der Waals surface area contributed by atoms with Gasteiger partial charge in [0.1, 0.15) is 6.61 Å². The second kappa shape index (κ2) is 5.29. The molecule has 1 fully saturated rings. The number of carbonyl (C=O) groups is 1. The largest absolute Gasteiger partial charge is 0.465 e. The third-order valence-corrected chi connectivity index (χ3v) is 2.91. The van der Waals surface area contributed by atoms with E-state index in [2.05, 4.69) is 0 Å². The molecule has 1 aromatic rings. The normalized spacial score (nSPS) is 23.7. The highest BCUT2D eigenvalue weighted by Gasteiger charge is 2.40. The van der Waals surface area contributed by atoms with Crippen molar-refractivity contribution < 1.29 is 19.4 Å². The fourth-order valence-corrected chi connectivity index (χ4v) is 1.84. The van der Waals surface area contributed by atoms with Gasteiger partial charge in [-0.2, -0.15) is 0 Å². The van der Waals surface area contributed by atoms with Crippen molar-refractivity contribution in [1.29, 1.82) is 0 Å². The number of rotatable bonds is 5. The van der Waals surface area contributed by atoms with Crippen LogP contribution < -0.4 is 0 Å². The van der Waals surface area contributed by atoms with Gasteiger partial charge in [0.15, 0.2) is 0 Å². The maximum atomic E-state index is 11.1. The molecule has 17 heavy (non-hydrogen) atoms. The molecule has 0 amide bonds. The van der Waals surface area contributed by atoms with Crippen LogP contribution in [0.1, 0.15) is 12.0 Å². The van der Waals surface area contributed by atoms with E-state index < -0.39 is 5.41 Å². The molecule has 1 aliphatic heterocycles. The number of aliphatic hydroxyl groups is 1. The lowest BCUT2D eigenvalue weighted by Crippen LogP contribution is -2.31. The third kappa shape index (κ3) is 3.05. The Morgan fingerprint density at radius 2 is 2.12 bits per heavy atom. The summed E-state index contributed by atoms with van der Waals surface area (Å²) in [6.45, 7) is 0.978. The lowest BCUT2D eigenvalue weighted by atomic mass is 9.89. The number of aliphatic hydroxyl groups excluding tert-OH is 1. The van der Waals surface area contributed by atoms with Crippen LogP contribution in [0.3, 0.4) is 0 Å². The van der Waals surface area contributed by atoms with E-state index in [1.807, 2.05) is 30.3 Å². The number of esters is 1. The van der Waals surface area contributed by atoms with Crippen molar-refractivity contribution in [2.75, 3.05) is 19.8 Å². The van der Waals surface area contributed by atoms with E-state index in [1.165, 1.54) is 0 Å². The molecule has 0 bridgehead atoms. The van der Waals surface area contributed by atoms with Crippen molar-refractivity contribution in [2.24, 2.45) is 5.41 Å². The summed E-state index contributed by atoms with van der Waals surface area (Å²) in [6, 6.07) is 9.79. The topological polar surface area (TPSA) is 55.8 Å². The van der Waals surface area contributed by atoms with Crippen LogP contribution in [-0.4, -0.2) is 30.9 Å². The Morgan fingerprint density at radius 3 is 2.71 bits per heavy atom. The van der Waals surface area contributed by atoms with Gasteiger partial charge in [-0.1, -0.05) is 30.3 Å². The molecule has 4 nitrogen and oxygen atoms in total. The number of cyclic esters (lactones) is 1. The van der Waals surface area contributed by atoms with Crippen LogP contribution in [0.2, 0.25) is 0 Å². The molecule has 1 atom stereocenters. The SMILES string of the molecule is O=C1C[C@](CO)(COCc2ccccc2)CO1. The van der Waals surface area contributed by atoms with Crippen molar-refractivity contribution in [3.8, 4) is 0 Å². The average molecular weight is 236 g/mol. The van der Waals surface area contributed by atoms with Crippen LogP contribution >= 0.6 is 0 Å². The maximum Gasteiger partial charge on any atom is 0.306 e. The van der Waals surface area contributed by atoms with Gasteiger partial charge in [-0.05, 0) is 5.56 Å². The van der Waals surface area contributed by atoms with Gasteiger partial charge < -0.3 is 14.6 Å². The van der Waals surface area contributed by atoms with Gasteiger partial charge >= 0.3 is 5.97 Å². The molecular formula is C13H16O4. The van der Waals surface area contributed by atoms with Crippen LogP contribution in [-0.2, 0) is 20.9 Å². The average Bonchev–Trinajstić information content (AvgIpc) is 2.73. The highest BCUT2D eigenvalue weighted by Crippen LogP contribution is 2.29. The summed E-state index contributed by atoms with van der Waals surface area (Å²) < 4.78 is 10.4. The monoisotopic (exact) mass is 236 g/mol. The molecule has 92 valence electrons. The van der Waals surface area contributed by atoms with E-state index in [1.54, 1.807) is 0 Å². The van der Waals surface area contributed by atoms with Gasteiger partial charge in [-0.15, -0.1) is 0 Å². The molecule has 0 radical (unpaired) electrons. The Morgan fingerprint density at radius 1 is 1.35 bits per heavy atom. The zero-order valence-corrected chi connectivity index (χ0v) is 9.59. The molecule has 1 saturated heterocycles. The lowest BCUT2D eigenvalue weighted by Gasteiger charge is -2.22. The van der Waals surface area contributed by atoms with Gasteiger partial charge in [0.05, 0.1) is 31.7 Å². The smallest absolute Gasteiger partial charge is 0.306 e. The standard InChI is InChI=1S/C13H16O4/c14-8-13(6-12(15)17-10-13)9-16-7-11-4-2-1-3-5-11/h1-5,14H,6-10H2/t13-/m0/s1. The summed E-state index contributed by atoms with van der Waals surface area (Å²) in [5.74, 6) is -0.262. The Hall–Kier alpha value is -1.39. The molecule has 2 rings (SSSR count). The Balaban J connectivity index is 1.83. The highest BCUT2D eigenvalue weighted by atomic mass is 16.5. The lowest BCUT2D eigenvalue weighted by molar-refractivity contribution is -0.137. The first-order chi connectivity index (χ1) is 8.24. The number of carbonyl (C=O) groups excluding carboxylic acids is 1. The second-order valence-corrected chi connectivity index (χ2v) is 4.47. The van der Waals surface area contributed by atoms with Gasteiger partial charge in [0.2, 0.25) is 0 Å². The minimum absolute atomic E-state index is 0.0898. The first kappa shape index (κ1) is 12.1. The van der Waals surface area contributed by atoms with Gasteiger partial charge in [-0.3, -0.25) is 4.79 Å². The summed E-state index contributed by atoms with van der Waals surface area (Å²) >= 11 is 0. The summed E-state index contributed by atoms with van der Waals surface area (Å²) in [5.41, 5.74) is 0.525. The Bertz CT molecular complexity index is 376. The van der Waals surface area contributed by atoms with Crippen molar-refractivity contribution in [1.82, 2.24) is 0 Å². The second-order valence-electron chi connectivity index (χ2n) is 4.47. The zero-order valence-electron chi connectivity index (χ0n) is 9.59. The fraction of sp³-hybridized carbons (Fsp3) is 0.462. The first-order valence-corrected chi connectivity index (χ1v) is 5.62. The zero-order chi connectivity index (χ0) is 12.1. The summed E-state index contributed by atoms with van der Waals surface area (Å²) in [5, 5.41) is 9.32. The highest BCUT2D eigenvalue weighted by molar-refractivity contribution is 5.72. The first-order valence-electron chi connectivity index (χ1n) is 5.62. The van der Waals surface area contributed by atoms with Crippen molar-refractivity contribution >= 4 is 5.97 Å². The summed E-state index contributed by atoms with van der Waals surface area (Å²) in [6.07, 6.45) is 0.234. The third-order valence-electron chi connectivity index (χ3n) is 2.91. The molecule has 4 heteroatoms. The van der Waals surface area contributed by atoms with Crippen LogP contribution in [0.4, 0.5) is 0 Å². The van der Waals surface area contributed by atoms with Crippen LogP contribution in [0.25, 0.3) is 0 Å². The molecule has 1 N–H and O–H groups in total. The van der Waals surface area contributed by atoms with E-state index in [0.29, 0.717) is 13.2 Å². The molecule has 0 aliphatic carbocycles. The van der Waals surface area contributed by atoms with Crippen LogP contribution in [0.5, 0.6) is 0 Å². The van der Waals surface area contributed by atoms with E-state index in [0.717, 1.165) is 5.56 Å². The summed E-state index contributed by atoms with van der Waals surface area (Å²) in [7, 11) is 0. The van der Waals surface area contributed by atoms with Crippen LogP contribution in [0.15, 0.2) is 30.3 Å². The van der Waals surface area contributed by atoms with Gasteiger partial charge in [0, 0.05) is 0 Å². The van der Waals surface area contributed by atoms with E-state index >= 15 is 0 Å². The number of benzene rings is 1. The number of hydrogen-bond acceptors (Lipinski definition) is 4. The van der Waals surface area contributed by atoms with Crippen molar-refractivity contribution in [3.63, 3.8) is 0 Å². The predicted molar refractivity (Wildman–Crippen MR) is 61.2 cm³/mol. The minimum atomic E-state index is -0.550. The van der Waals surface area contributed by atoms with E-state index in [9.17, 15) is 9.90 Å². The maximum absolute atomic E-state index is 11.1. The Labute approximate surface area is 100 Å². The Kier molecular flexibility index (Phi) is 3.76. The number of ether oxygens (including phenoxy) is 2. The fourth-order valence-electron chi connectivity index (χ4n) is 1.84. The van der Waals surface area contributed by atoms with Gasteiger partial charge in [0.25, 0.3) is 0 Å². The van der Waals surface area contributed by atoms with Gasteiger partial charge in [-0.25, -0.2) is 0 Å². The minimum Gasteiger partial charge on any atom is -0.465 e. The van der Waals surface area contributed by atoms with E-state index in [-0.39, 0.29) is 25.6 Å². The molecule has 0 unspecified atom stereocenters. The quantitative estimate of drug-likeness (QED) is 0.779. The molecule has 1 aliphatic rings. The number of hydrogen-bond donors (Lipinski definition) is 1. The van der Waals surface area contributed by atoms with Crippen LogP contribution in [0, 0.1) is 5.41 Å². The van der Waals surface area contributed by atoms with Crippen molar-refractivity contribution in [2.45, 2.75) is 13.0 Å². The molecular weight excluding hydrogens is 220 g/mol.